The molecule has 0 spiro atoms. The van der Waals surface area contributed by atoms with Gasteiger partial charge in [-0.2, -0.15) is 4.98 Å². The second-order valence-electron chi connectivity index (χ2n) is 7.82. The average Bonchev–Trinajstić information content (AvgIpc) is 2.81. The number of phenolic OH excluding ortho intramolecular Hbond substituents is 1. The van der Waals surface area contributed by atoms with Crippen LogP contribution in [0.15, 0.2) is 52.1 Å². The highest BCUT2D eigenvalue weighted by Crippen LogP contribution is 2.28. The van der Waals surface area contributed by atoms with Crippen LogP contribution in [-0.4, -0.2) is 36.2 Å². The largest absolute Gasteiger partial charge is 0.506 e. The normalized spacial score (nSPS) is 11.6. The molecule has 0 fully saturated rings. The van der Waals surface area contributed by atoms with Crippen LogP contribution in [0.4, 0.5) is 17.3 Å². The minimum absolute atomic E-state index is 0.00366. The number of aromatic nitrogens is 3. The zero-order valence-corrected chi connectivity index (χ0v) is 19.7. The zero-order valence-electron chi connectivity index (χ0n) is 19.0. The summed E-state index contributed by atoms with van der Waals surface area (Å²) in [6, 6.07) is 11.0. The lowest BCUT2D eigenvalue weighted by molar-refractivity contribution is -0.141. The van der Waals surface area contributed by atoms with Crippen molar-refractivity contribution in [2.45, 2.75) is 33.4 Å². The number of carbonyl (C=O) groups is 2. The fraction of sp³-hybridized carbons (Fsp3) is 0.261. The van der Waals surface area contributed by atoms with Gasteiger partial charge in [0.2, 0.25) is 11.9 Å². The maximum atomic E-state index is 13.2. The number of carboxylic acids is 1. The van der Waals surface area contributed by atoms with Crippen molar-refractivity contribution in [2.75, 3.05) is 10.6 Å². The second-order valence-corrected chi connectivity index (χ2v) is 8.26. The monoisotopic (exact) mass is 501 g/mol. The molecule has 2 aromatic carbocycles. The Morgan fingerprint density at radius 1 is 1.11 bits per heavy atom. The van der Waals surface area contributed by atoms with Crippen molar-refractivity contribution < 1.29 is 19.8 Å². The predicted molar refractivity (Wildman–Crippen MR) is 130 cm³/mol. The molecule has 0 aliphatic heterocycles. The number of hydrogen-bond donors (Lipinski definition) is 4. The molecule has 4 N–H and O–H groups in total. The van der Waals surface area contributed by atoms with E-state index in [2.05, 4.69) is 15.6 Å². The fourth-order valence-corrected chi connectivity index (χ4v) is 3.26. The standard InChI is InChI=1S/C23H24ClN5O6/c1-3-19(31)26-17-9-8-16(10-18(17)30)25-21-27-22(34)29(11-13(2)20(32)33)23(35)28(21)12-14-4-6-15(24)7-5-14/h4-10,13,30H,3,11-12H2,1-2H3,(H,26,31)(H,32,33)(H,25,27,34)/t13-/m0/s1. The van der Waals surface area contributed by atoms with Crippen LogP contribution < -0.4 is 22.0 Å². The number of hydrogen-bond acceptors (Lipinski definition) is 7. The number of anilines is 3. The number of carboxylic acid groups (broad SMARTS) is 1. The smallest absolute Gasteiger partial charge is 0.354 e. The summed E-state index contributed by atoms with van der Waals surface area (Å²) in [4.78, 5) is 52.7. The Hall–Kier alpha value is -4.12. The van der Waals surface area contributed by atoms with Crippen LogP contribution in [0.2, 0.25) is 5.02 Å². The van der Waals surface area contributed by atoms with Crippen LogP contribution in [0.25, 0.3) is 0 Å². The van der Waals surface area contributed by atoms with E-state index in [4.69, 9.17) is 11.6 Å². The number of amides is 1. The van der Waals surface area contributed by atoms with E-state index in [9.17, 15) is 29.4 Å². The number of aromatic hydroxyl groups is 1. The molecule has 3 rings (SSSR count). The number of benzene rings is 2. The van der Waals surface area contributed by atoms with Crippen LogP contribution >= 0.6 is 11.6 Å². The average molecular weight is 502 g/mol. The lowest BCUT2D eigenvalue weighted by Crippen LogP contribution is -2.44. The topological polar surface area (TPSA) is 156 Å². The van der Waals surface area contributed by atoms with Crippen molar-refractivity contribution >= 4 is 40.8 Å². The van der Waals surface area contributed by atoms with Gasteiger partial charge >= 0.3 is 17.3 Å². The lowest BCUT2D eigenvalue weighted by atomic mass is 10.2. The Bertz CT molecular complexity index is 1370. The predicted octanol–water partition coefficient (Wildman–Crippen LogP) is 2.63. The molecular weight excluding hydrogens is 478 g/mol. The van der Waals surface area contributed by atoms with Gasteiger partial charge in [0.25, 0.3) is 0 Å². The van der Waals surface area contributed by atoms with E-state index in [1.807, 2.05) is 0 Å². The Morgan fingerprint density at radius 2 is 1.80 bits per heavy atom. The third-order valence-corrected chi connectivity index (χ3v) is 5.38. The summed E-state index contributed by atoms with van der Waals surface area (Å²) < 4.78 is 1.95. The SMILES string of the molecule is CCC(=O)Nc1ccc(Nc2nc(=O)n(C[C@H](C)C(=O)O)c(=O)n2Cc2ccc(Cl)cc2)cc1O. The molecule has 0 aliphatic rings. The second kappa shape index (κ2) is 10.9. The molecular formula is C23H24ClN5O6. The van der Waals surface area contributed by atoms with E-state index in [-0.39, 0.29) is 42.8 Å². The molecule has 12 heteroatoms. The van der Waals surface area contributed by atoms with Gasteiger partial charge < -0.3 is 20.8 Å². The van der Waals surface area contributed by atoms with Gasteiger partial charge in [-0.05, 0) is 29.8 Å². The van der Waals surface area contributed by atoms with Gasteiger partial charge in [0.15, 0.2) is 0 Å². The van der Waals surface area contributed by atoms with Gasteiger partial charge in [-0.3, -0.25) is 14.2 Å². The first-order chi connectivity index (χ1) is 16.6. The van der Waals surface area contributed by atoms with Crippen LogP contribution in [0.3, 0.4) is 0 Å². The van der Waals surface area contributed by atoms with Crippen molar-refractivity contribution in [3.63, 3.8) is 0 Å². The Morgan fingerprint density at radius 3 is 2.40 bits per heavy atom. The first kappa shape index (κ1) is 25.5. The quantitative estimate of drug-likeness (QED) is 0.326. The highest BCUT2D eigenvalue weighted by molar-refractivity contribution is 6.30. The summed E-state index contributed by atoms with van der Waals surface area (Å²) in [5.41, 5.74) is -0.504. The number of phenols is 1. The number of rotatable bonds is 9. The van der Waals surface area contributed by atoms with Crippen molar-refractivity contribution in [1.29, 1.82) is 0 Å². The van der Waals surface area contributed by atoms with E-state index in [1.54, 1.807) is 31.2 Å². The number of nitrogens with zero attached hydrogens (tertiary/aromatic N) is 3. The molecule has 11 nitrogen and oxygen atoms in total. The minimum atomic E-state index is -1.16. The molecule has 1 atom stereocenters. The van der Waals surface area contributed by atoms with Crippen LogP contribution in [0, 0.1) is 5.92 Å². The highest BCUT2D eigenvalue weighted by Gasteiger charge is 2.19. The van der Waals surface area contributed by atoms with Crippen LogP contribution in [0.1, 0.15) is 25.8 Å². The number of carbonyl (C=O) groups excluding carboxylic acids is 1. The first-order valence-corrected chi connectivity index (χ1v) is 11.1. The highest BCUT2D eigenvalue weighted by atomic mass is 35.5. The third kappa shape index (κ3) is 6.27. The molecule has 0 aliphatic carbocycles. The van der Waals surface area contributed by atoms with E-state index in [0.29, 0.717) is 16.3 Å². The van der Waals surface area contributed by atoms with Gasteiger partial charge in [-0.1, -0.05) is 37.6 Å². The summed E-state index contributed by atoms with van der Waals surface area (Å²) in [5.74, 6) is -2.77. The molecule has 0 unspecified atom stereocenters. The summed E-state index contributed by atoms with van der Waals surface area (Å²) in [6.07, 6.45) is 0.233. The molecule has 1 amide bonds. The first-order valence-electron chi connectivity index (χ1n) is 10.7. The Labute approximate surface area is 204 Å². The Kier molecular flexibility index (Phi) is 7.92. The summed E-state index contributed by atoms with van der Waals surface area (Å²) >= 11 is 5.94. The van der Waals surface area contributed by atoms with E-state index >= 15 is 0 Å². The lowest BCUT2D eigenvalue weighted by Gasteiger charge is -2.17. The molecule has 0 bridgehead atoms. The van der Waals surface area contributed by atoms with Gasteiger partial charge in [0.1, 0.15) is 5.75 Å². The van der Waals surface area contributed by atoms with Crippen molar-refractivity contribution in [3.05, 3.63) is 74.0 Å². The van der Waals surface area contributed by atoms with E-state index in [0.717, 1.165) is 4.57 Å². The molecule has 0 radical (unpaired) electrons. The fourth-order valence-electron chi connectivity index (χ4n) is 3.13. The van der Waals surface area contributed by atoms with Gasteiger partial charge in [0, 0.05) is 29.7 Å². The molecule has 1 aromatic heterocycles. The molecule has 0 saturated heterocycles. The molecule has 1 heterocycles. The zero-order chi connectivity index (χ0) is 25.7. The number of nitrogens with one attached hydrogen (secondary N) is 2. The third-order valence-electron chi connectivity index (χ3n) is 5.13. The van der Waals surface area contributed by atoms with Crippen molar-refractivity contribution in [2.24, 2.45) is 5.92 Å². The molecule has 184 valence electrons. The number of halogens is 1. The van der Waals surface area contributed by atoms with Gasteiger partial charge in [0.05, 0.1) is 18.2 Å². The van der Waals surface area contributed by atoms with E-state index in [1.165, 1.54) is 29.7 Å². The van der Waals surface area contributed by atoms with Crippen molar-refractivity contribution in [3.8, 4) is 5.75 Å². The molecule has 3 aromatic rings. The Balaban J connectivity index is 2.04. The summed E-state index contributed by atoms with van der Waals surface area (Å²) in [5, 5.41) is 25.4. The maximum Gasteiger partial charge on any atom is 0.354 e. The van der Waals surface area contributed by atoms with Gasteiger partial charge in [-0.25, -0.2) is 14.2 Å². The molecule has 35 heavy (non-hydrogen) atoms. The van der Waals surface area contributed by atoms with Gasteiger partial charge in [-0.15, -0.1) is 0 Å². The summed E-state index contributed by atoms with van der Waals surface area (Å²) in [7, 11) is 0. The molecule has 0 saturated carbocycles. The maximum absolute atomic E-state index is 13.2. The van der Waals surface area contributed by atoms with Crippen molar-refractivity contribution in [1.82, 2.24) is 14.1 Å². The van der Waals surface area contributed by atoms with Crippen LogP contribution in [-0.2, 0) is 22.7 Å². The number of aliphatic carboxylic acids is 1. The van der Waals surface area contributed by atoms with E-state index < -0.39 is 23.3 Å². The summed E-state index contributed by atoms with van der Waals surface area (Å²) in [6.45, 7) is 2.70. The minimum Gasteiger partial charge on any atom is -0.506 e. The van der Waals surface area contributed by atoms with Crippen LogP contribution in [0.5, 0.6) is 5.75 Å².